The summed E-state index contributed by atoms with van der Waals surface area (Å²) < 4.78 is 13.4. The van der Waals surface area contributed by atoms with Gasteiger partial charge in [0.05, 0.1) is 12.0 Å². The van der Waals surface area contributed by atoms with Crippen molar-refractivity contribution in [2.45, 2.75) is 12.5 Å². The number of aliphatic carboxylic acids is 1. The van der Waals surface area contributed by atoms with Crippen LogP contribution in [0.1, 0.15) is 16.8 Å². The van der Waals surface area contributed by atoms with Gasteiger partial charge in [-0.05, 0) is 18.2 Å². The molecule has 0 radical (unpaired) electrons. The molecule has 4 N–H and O–H groups in total. The van der Waals surface area contributed by atoms with Crippen LogP contribution in [0, 0.1) is 5.82 Å². The Hall–Kier alpha value is -2.15. The number of carboxylic acid groups (broad SMARTS) is 1. The molecule has 19 heavy (non-hydrogen) atoms. The topological polar surface area (TPSA) is 109 Å². The number of nitrogens with one attached hydrogen (secondary N) is 1. The largest absolute Gasteiger partial charge is 0.480 e. The van der Waals surface area contributed by atoms with Crippen molar-refractivity contribution < 1.29 is 23.9 Å². The van der Waals surface area contributed by atoms with Gasteiger partial charge in [0.1, 0.15) is 11.9 Å². The molecule has 1 aromatic rings. The molecule has 1 atom stereocenters. The molecule has 0 fully saturated rings. The summed E-state index contributed by atoms with van der Waals surface area (Å²) >= 11 is 5.61. The van der Waals surface area contributed by atoms with Crippen LogP contribution in [0.5, 0.6) is 0 Å². The van der Waals surface area contributed by atoms with Gasteiger partial charge in [-0.15, -0.1) is 0 Å². The van der Waals surface area contributed by atoms with E-state index in [2.05, 4.69) is 0 Å². The van der Waals surface area contributed by atoms with E-state index < -0.39 is 41.6 Å². The highest BCUT2D eigenvalue weighted by Crippen LogP contribution is 2.15. The van der Waals surface area contributed by atoms with Crippen molar-refractivity contribution in [1.82, 2.24) is 5.32 Å². The summed E-state index contributed by atoms with van der Waals surface area (Å²) in [5.74, 6) is -4.20. The first-order chi connectivity index (χ1) is 8.81. The fraction of sp³-hybridized carbons (Fsp3) is 0.182. The van der Waals surface area contributed by atoms with Gasteiger partial charge in [0.25, 0.3) is 5.91 Å². The lowest BCUT2D eigenvalue weighted by Gasteiger charge is -2.13. The minimum Gasteiger partial charge on any atom is -0.480 e. The summed E-state index contributed by atoms with van der Waals surface area (Å²) in [6.45, 7) is 0. The van der Waals surface area contributed by atoms with E-state index >= 15 is 0 Å². The highest BCUT2D eigenvalue weighted by atomic mass is 35.5. The third kappa shape index (κ3) is 4.22. The van der Waals surface area contributed by atoms with Crippen molar-refractivity contribution in [2.24, 2.45) is 5.73 Å². The lowest BCUT2D eigenvalue weighted by atomic mass is 10.1. The Morgan fingerprint density at radius 3 is 2.58 bits per heavy atom. The molecule has 0 aromatic heterocycles. The predicted octanol–water partition coefficient (Wildman–Crippen LogP) is 0.538. The first kappa shape index (κ1) is 14.9. The second kappa shape index (κ2) is 6.14. The van der Waals surface area contributed by atoms with E-state index in [9.17, 15) is 18.8 Å². The quantitative estimate of drug-likeness (QED) is 0.734. The molecule has 6 nitrogen and oxygen atoms in total. The third-order valence-corrected chi connectivity index (χ3v) is 2.42. The maximum Gasteiger partial charge on any atom is 0.326 e. The molecule has 102 valence electrons. The number of benzene rings is 1. The van der Waals surface area contributed by atoms with Crippen LogP contribution in [0.25, 0.3) is 0 Å². The summed E-state index contributed by atoms with van der Waals surface area (Å²) in [6, 6.07) is 1.74. The molecule has 1 unspecified atom stereocenters. The van der Waals surface area contributed by atoms with Crippen LogP contribution in [0.2, 0.25) is 5.02 Å². The monoisotopic (exact) mass is 288 g/mol. The van der Waals surface area contributed by atoms with Crippen molar-refractivity contribution in [2.75, 3.05) is 0 Å². The highest BCUT2D eigenvalue weighted by Gasteiger charge is 2.24. The van der Waals surface area contributed by atoms with Crippen LogP contribution >= 0.6 is 11.6 Å². The van der Waals surface area contributed by atoms with Crippen LogP contribution in [-0.2, 0) is 9.59 Å². The first-order valence-electron chi connectivity index (χ1n) is 5.08. The lowest BCUT2D eigenvalue weighted by molar-refractivity contribution is -0.140. The van der Waals surface area contributed by atoms with Crippen LogP contribution in [0.3, 0.4) is 0 Å². The van der Waals surface area contributed by atoms with Crippen molar-refractivity contribution in [3.8, 4) is 0 Å². The molecule has 0 aliphatic heterocycles. The average Bonchev–Trinajstić information content (AvgIpc) is 2.30. The predicted molar refractivity (Wildman–Crippen MR) is 64.1 cm³/mol. The second-order valence-electron chi connectivity index (χ2n) is 3.66. The smallest absolute Gasteiger partial charge is 0.326 e. The Kier molecular flexibility index (Phi) is 4.82. The van der Waals surface area contributed by atoms with Gasteiger partial charge in [0, 0.05) is 5.02 Å². The summed E-state index contributed by atoms with van der Waals surface area (Å²) in [5.41, 5.74) is 4.44. The van der Waals surface area contributed by atoms with Gasteiger partial charge in [-0.2, -0.15) is 0 Å². The fourth-order valence-electron chi connectivity index (χ4n) is 1.31. The molecule has 1 aromatic carbocycles. The Bertz CT molecular complexity index is 535. The van der Waals surface area contributed by atoms with E-state index in [1.54, 1.807) is 0 Å². The summed E-state index contributed by atoms with van der Waals surface area (Å²) in [6.07, 6.45) is -0.594. The van der Waals surface area contributed by atoms with Crippen molar-refractivity contribution >= 4 is 29.4 Å². The van der Waals surface area contributed by atoms with Crippen LogP contribution in [0.15, 0.2) is 18.2 Å². The zero-order valence-corrected chi connectivity index (χ0v) is 10.3. The lowest BCUT2D eigenvalue weighted by Crippen LogP contribution is -2.43. The van der Waals surface area contributed by atoms with E-state index in [1.807, 2.05) is 5.32 Å². The standard InChI is InChI=1S/C11H10ClFN2O4/c12-5-1-2-7(13)6(3-5)10(17)15-8(11(18)19)4-9(14)16/h1-3,8H,4H2,(H2,14,16)(H,15,17)(H,18,19). The van der Waals surface area contributed by atoms with Gasteiger partial charge in [0.15, 0.2) is 0 Å². The van der Waals surface area contributed by atoms with Crippen LogP contribution < -0.4 is 11.1 Å². The number of carbonyl (C=O) groups excluding carboxylic acids is 2. The fourth-order valence-corrected chi connectivity index (χ4v) is 1.48. The normalized spacial score (nSPS) is 11.7. The van der Waals surface area contributed by atoms with Gasteiger partial charge >= 0.3 is 5.97 Å². The number of carbonyl (C=O) groups is 3. The van der Waals surface area contributed by atoms with E-state index in [0.717, 1.165) is 12.1 Å². The first-order valence-corrected chi connectivity index (χ1v) is 5.46. The van der Waals surface area contributed by atoms with E-state index in [-0.39, 0.29) is 5.02 Å². The number of primary amides is 1. The van der Waals surface area contributed by atoms with Gasteiger partial charge in [-0.25, -0.2) is 9.18 Å². The summed E-state index contributed by atoms with van der Waals surface area (Å²) in [7, 11) is 0. The minimum atomic E-state index is -1.52. The van der Waals surface area contributed by atoms with Crippen molar-refractivity contribution in [3.63, 3.8) is 0 Å². The molecular weight excluding hydrogens is 279 g/mol. The van der Waals surface area contributed by atoms with Crippen molar-refractivity contribution in [3.05, 3.63) is 34.6 Å². The molecule has 0 bridgehead atoms. The van der Waals surface area contributed by atoms with E-state index in [1.165, 1.54) is 6.07 Å². The second-order valence-corrected chi connectivity index (χ2v) is 4.10. The van der Waals surface area contributed by atoms with E-state index in [4.69, 9.17) is 22.4 Å². The number of nitrogens with two attached hydrogens (primary N) is 1. The molecule has 2 amide bonds. The van der Waals surface area contributed by atoms with Gasteiger partial charge in [-0.3, -0.25) is 9.59 Å². The maximum absolute atomic E-state index is 13.4. The zero-order chi connectivity index (χ0) is 14.6. The molecule has 1 rings (SSSR count). The van der Waals surface area contributed by atoms with Crippen LogP contribution in [-0.4, -0.2) is 28.9 Å². The van der Waals surface area contributed by atoms with Gasteiger partial charge in [-0.1, -0.05) is 11.6 Å². The van der Waals surface area contributed by atoms with Gasteiger partial charge in [0.2, 0.25) is 5.91 Å². The SMILES string of the molecule is NC(=O)CC(NC(=O)c1cc(Cl)ccc1F)C(=O)O. The number of carboxylic acids is 1. The van der Waals surface area contributed by atoms with Crippen LogP contribution in [0.4, 0.5) is 4.39 Å². The number of amides is 2. The molecule has 8 heteroatoms. The molecule has 0 heterocycles. The number of rotatable bonds is 5. The maximum atomic E-state index is 13.4. The Balaban J connectivity index is 2.90. The molecule has 0 saturated carbocycles. The minimum absolute atomic E-state index is 0.119. The number of hydrogen-bond donors (Lipinski definition) is 3. The van der Waals surface area contributed by atoms with Crippen molar-refractivity contribution in [1.29, 1.82) is 0 Å². The number of hydrogen-bond acceptors (Lipinski definition) is 3. The highest BCUT2D eigenvalue weighted by molar-refractivity contribution is 6.31. The Morgan fingerprint density at radius 2 is 2.05 bits per heavy atom. The summed E-state index contributed by atoms with van der Waals surface area (Å²) in [4.78, 5) is 33.2. The summed E-state index contributed by atoms with van der Waals surface area (Å²) in [5, 5.41) is 10.9. The third-order valence-electron chi connectivity index (χ3n) is 2.18. The molecule has 0 spiro atoms. The van der Waals surface area contributed by atoms with E-state index in [0.29, 0.717) is 0 Å². The molecule has 0 saturated heterocycles. The Morgan fingerprint density at radius 1 is 1.42 bits per heavy atom. The average molecular weight is 289 g/mol. The Labute approximate surface area is 112 Å². The molecule has 0 aliphatic carbocycles. The molecular formula is C11H10ClFN2O4. The van der Waals surface area contributed by atoms with Gasteiger partial charge < -0.3 is 16.2 Å². The zero-order valence-electron chi connectivity index (χ0n) is 9.52. The molecule has 0 aliphatic rings. The number of halogens is 2.